The fraction of sp³-hybridized carbons (Fsp3) is 0.625. The number of benzene rings is 1. The van der Waals surface area contributed by atoms with Crippen LogP contribution >= 0.6 is 0 Å². The molecule has 1 fully saturated rings. The molecule has 3 rings (SSSR count). The van der Waals surface area contributed by atoms with Crippen molar-refractivity contribution in [2.75, 3.05) is 32.9 Å². The molecule has 0 saturated carbocycles. The number of rotatable bonds is 7. The summed E-state index contributed by atoms with van der Waals surface area (Å²) in [5.74, 6) is 0.999. The Balaban J connectivity index is 1.69. The first-order chi connectivity index (χ1) is 15.9. The van der Waals surface area contributed by atoms with E-state index in [1.807, 2.05) is 58.0 Å². The molecule has 1 aromatic rings. The van der Waals surface area contributed by atoms with Gasteiger partial charge in [0.25, 0.3) is 0 Å². The molecule has 9 heteroatoms. The fourth-order valence-corrected chi connectivity index (χ4v) is 3.80. The molecule has 33 heavy (non-hydrogen) atoms. The van der Waals surface area contributed by atoms with Crippen LogP contribution < -0.4 is 0 Å². The maximum Gasteiger partial charge on any atom is 0.410 e. The zero-order valence-electron chi connectivity index (χ0n) is 19.8. The number of hydrogen-bond acceptors (Lipinski definition) is 8. The summed E-state index contributed by atoms with van der Waals surface area (Å²) in [6, 6.07) is 8.45. The quantitative estimate of drug-likeness (QED) is 0.670. The molecule has 2 aliphatic heterocycles. The second-order valence-corrected chi connectivity index (χ2v) is 8.32. The van der Waals surface area contributed by atoms with Gasteiger partial charge in [-0.3, -0.25) is 0 Å². The van der Waals surface area contributed by atoms with Crippen LogP contribution in [0.3, 0.4) is 0 Å². The first kappa shape index (κ1) is 25.0. The molecular weight excluding hydrogens is 426 g/mol. The summed E-state index contributed by atoms with van der Waals surface area (Å²) in [6.45, 7) is 9.70. The van der Waals surface area contributed by atoms with Crippen molar-refractivity contribution in [3.05, 3.63) is 35.9 Å². The number of nitrogens with zero attached hydrogens (tertiary/aromatic N) is 3. The Morgan fingerprint density at radius 2 is 1.76 bits per heavy atom. The van der Waals surface area contributed by atoms with Gasteiger partial charge in [-0.05, 0) is 25.3 Å². The molecule has 0 spiro atoms. The van der Waals surface area contributed by atoms with Gasteiger partial charge in [-0.1, -0.05) is 44.2 Å². The number of ether oxygens (including phenoxy) is 4. The second kappa shape index (κ2) is 12.0. The van der Waals surface area contributed by atoms with Crippen LogP contribution in [-0.2, 0) is 25.6 Å². The molecule has 0 aliphatic carbocycles. The number of morpholine rings is 1. The molecule has 2 heterocycles. The van der Waals surface area contributed by atoms with Crippen LogP contribution in [-0.4, -0.2) is 85.1 Å². The minimum absolute atomic E-state index is 0.157. The first-order valence-electron chi connectivity index (χ1n) is 11.6. The van der Waals surface area contributed by atoms with E-state index in [1.165, 1.54) is 0 Å². The third kappa shape index (κ3) is 6.45. The molecule has 1 N–H and O–H groups in total. The Bertz CT molecular complexity index is 829. The van der Waals surface area contributed by atoms with E-state index in [-0.39, 0.29) is 31.7 Å². The van der Waals surface area contributed by atoms with Gasteiger partial charge in [-0.2, -0.15) is 0 Å². The van der Waals surface area contributed by atoms with E-state index in [1.54, 1.807) is 4.90 Å². The molecule has 0 bridgehead atoms. The zero-order valence-corrected chi connectivity index (χ0v) is 19.8. The number of aliphatic imine (C=N–C) groups is 2. The van der Waals surface area contributed by atoms with Crippen LogP contribution in [0.15, 0.2) is 40.3 Å². The Kier molecular flexibility index (Phi) is 9.08. The van der Waals surface area contributed by atoms with Gasteiger partial charge >= 0.3 is 6.09 Å². The SMILES string of the molecule is CCOC1=N[C@H](C(C)C)C(OCC)=N[C@H]1[C@H](O)[C@H]1CN(C(=O)OCc2ccccc2)CCO1. The molecule has 1 amide bonds. The molecular formula is C24H35N3O6. The lowest BCUT2D eigenvalue weighted by atomic mass is 9.99. The van der Waals surface area contributed by atoms with Crippen molar-refractivity contribution in [1.82, 2.24) is 4.90 Å². The molecule has 182 valence electrons. The van der Waals surface area contributed by atoms with Crippen LogP contribution in [0.4, 0.5) is 4.79 Å². The molecule has 0 unspecified atom stereocenters. The minimum Gasteiger partial charge on any atom is -0.480 e. The van der Waals surface area contributed by atoms with E-state index in [2.05, 4.69) is 4.99 Å². The van der Waals surface area contributed by atoms with E-state index in [4.69, 9.17) is 23.9 Å². The predicted octanol–water partition coefficient (Wildman–Crippen LogP) is 2.66. The van der Waals surface area contributed by atoms with Crippen LogP contribution in [0.5, 0.6) is 0 Å². The van der Waals surface area contributed by atoms with Gasteiger partial charge in [-0.15, -0.1) is 0 Å². The number of amides is 1. The summed E-state index contributed by atoms with van der Waals surface area (Å²) in [5, 5.41) is 11.2. The second-order valence-electron chi connectivity index (χ2n) is 8.32. The summed E-state index contributed by atoms with van der Waals surface area (Å²) < 4.78 is 22.7. The van der Waals surface area contributed by atoms with E-state index >= 15 is 0 Å². The van der Waals surface area contributed by atoms with Crippen molar-refractivity contribution >= 4 is 17.9 Å². The summed E-state index contributed by atoms with van der Waals surface area (Å²) >= 11 is 0. The average Bonchev–Trinajstić information content (AvgIpc) is 2.83. The molecule has 0 radical (unpaired) electrons. The molecule has 1 saturated heterocycles. The molecule has 2 aliphatic rings. The van der Waals surface area contributed by atoms with Gasteiger partial charge in [0.1, 0.15) is 24.9 Å². The van der Waals surface area contributed by atoms with Gasteiger partial charge in [0, 0.05) is 6.54 Å². The predicted molar refractivity (Wildman–Crippen MR) is 124 cm³/mol. The third-order valence-corrected chi connectivity index (χ3v) is 5.52. The molecule has 4 atom stereocenters. The number of carbonyl (C=O) groups excluding carboxylic acids is 1. The lowest BCUT2D eigenvalue weighted by molar-refractivity contribution is -0.0872. The number of hydrogen-bond donors (Lipinski definition) is 1. The highest BCUT2D eigenvalue weighted by Crippen LogP contribution is 2.23. The normalized spacial score (nSPS) is 24.1. The lowest BCUT2D eigenvalue weighted by Gasteiger charge is -2.37. The summed E-state index contributed by atoms with van der Waals surface area (Å²) in [5.41, 5.74) is 0.910. The monoisotopic (exact) mass is 461 g/mol. The van der Waals surface area contributed by atoms with Crippen molar-refractivity contribution in [2.24, 2.45) is 15.9 Å². The largest absolute Gasteiger partial charge is 0.480 e. The zero-order chi connectivity index (χ0) is 23.8. The van der Waals surface area contributed by atoms with Crippen LogP contribution in [0, 0.1) is 5.92 Å². The smallest absolute Gasteiger partial charge is 0.410 e. The number of aliphatic hydroxyl groups excluding tert-OH is 1. The van der Waals surface area contributed by atoms with Crippen molar-refractivity contribution in [3.8, 4) is 0 Å². The van der Waals surface area contributed by atoms with E-state index in [9.17, 15) is 9.90 Å². The molecule has 1 aromatic carbocycles. The highest BCUT2D eigenvalue weighted by Gasteiger charge is 2.41. The van der Waals surface area contributed by atoms with Crippen LogP contribution in [0.1, 0.15) is 33.3 Å². The Morgan fingerprint density at radius 3 is 2.39 bits per heavy atom. The maximum atomic E-state index is 12.6. The van der Waals surface area contributed by atoms with Crippen molar-refractivity contribution in [3.63, 3.8) is 0 Å². The van der Waals surface area contributed by atoms with Crippen LogP contribution in [0.2, 0.25) is 0 Å². The number of aliphatic hydroxyl groups is 1. The van der Waals surface area contributed by atoms with Crippen molar-refractivity contribution in [2.45, 2.75) is 58.6 Å². The lowest BCUT2D eigenvalue weighted by Crippen LogP contribution is -2.55. The first-order valence-corrected chi connectivity index (χ1v) is 11.6. The Hall–Kier alpha value is -2.65. The topological polar surface area (TPSA) is 102 Å². The van der Waals surface area contributed by atoms with Gasteiger partial charge in [0.2, 0.25) is 11.8 Å². The van der Waals surface area contributed by atoms with Gasteiger partial charge in [-0.25, -0.2) is 14.8 Å². The van der Waals surface area contributed by atoms with E-state index in [0.29, 0.717) is 31.6 Å². The van der Waals surface area contributed by atoms with Crippen molar-refractivity contribution in [1.29, 1.82) is 0 Å². The fourth-order valence-electron chi connectivity index (χ4n) is 3.80. The van der Waals surface area contributed by atoms with E-state index in [0.717, 1.165) is 5.56 Å². The summed E-state index contributed by atoms with van der Waals surface area (Å²) in [4.78, 5) is 23.5. The molecule has 9 nitrogen and oxygen atoms in total. The standard InChI is InChI=1S/C24H35N3O6/c1-5-30-22-19(16(3)4)25-23(31-6-2)20(26-22)21(28)18-14-27(12-13-32-18)24(29)33-15-17-10-8-7-9-11-17/h7-11,16,18-21,28H,5-6,12-15H2,1-4H3/t18-,19-,20+,21-/m1/s1. The third-order valence-electron chi connectivity index (χ3n) is 5.52. The average molecular weight is 462 g/mol. The maximum absolute atomic E-state index is 12.6. The number of carbonyl (C=O) groups is 1. The van der Waals surface area contributed by atoms with Crippen molar-refractivity contribution < 1.29 is 28.8 Å². The van der Waals surface area contributed by atoms with Gasteiger partial charge in [0.15, 0.2) is 6.04 Å². The van der Waals surface area contributed by atoms with Gasteiger partial charge < -0.3 is 29.0 Å². The van der Waals surface area contributed by atoms with Gasteiger partial charge in [0.05, 0.1) is 26.4 Å². The summed E-state index contributed by atoms with van der Waals surface area (Å²) in [6.07, 6.45) is -2.18. The minimum atomic E-state index is -1.07. The van der Waals surface area contributed by atoms with Crippen LogP contribution in [0.25, 0.3) is 0 Å². The highest BCUT2D eigenvalue weighted by molar-refractivity contribution is 5.94. The highest BCUT2D eigenvalue weighted by atomic mass is 16.6. The Morgan fingerprint density at radius 1 is 1.12 bits per heavy atom. The van der Waals surface area contributed by atoms with E-state index < -0.39 is 24.3 Å². The summed E-state index contributed by atoms with van der Waals surface area (Å²) in [7, 11) is 0. The molecule has 0 aromatic heterocycles. The Labute approximate surface area is 195 Å².